The lowest BCUT2D eigenvalue weighted by molar-refractivity contribution is 0.352. The van der Waals surface area contributed by atoms with E-state index in [0.29, 0.717) is 24.4 Å². The molecule has 1 N–H and O–H groups in total. The van der Waals surface area contributed by atoms with Crippen LogP contribution in [0.15, 0.2) is 12.3 Å². The quantitative estimate of drug-likeness (QED) is 0.872. The van der Waals surface area contributed by atoms with Gasteiger partial charge in [-0.25, -0.2) is 13.8 Å². The summed E-state index contributed by atoms with van der Waals surface area (Å²) in [5.74, 6) is -0.0853. The zero-order valence-corrected chi connectivity index (χ0v) is 9.56. The monoisotopic (exact) mass is 250 g/mol. The van der Waals surface area contributed by atoms with Crippen LogP contribution in [0.1, 0.15) is 18.0 Å². The molecule has 0 aromatic carbocycles. The molecule has 0 saturated carbocycles. The maximum Gasteiger partial charge on any atom is 0.218 e. The molecular formula is C10H13ClF2N2O. The summed E-state index contributed by atoms with van der Waals surface area (Å²) in [5, 5.41) is 2.96. The van der Waals surface area contributed by atoms with Gasteiger partial charge in [0.25, 0.3) is 0 Å². The van der Waals surface area contributed by atoms with Gasteiger partial charge in [0.05, 0.1) is 13.3 Å². The van der Waals surface area contributed by atoms with Crippen LogP contribution in [0.2, 0.25) is 0 Å². The Balaban J connectivity index is 0.00000128. The highest BCUT2D eigenvalue weighted by molar-refractivity contribution is 5.85. The molecule has 2 atom stereocenters. The highest BCUT2D eigenvalue weighted by atomic mass is 35.5. The van der Waals surface area contributed by atoms with Crippen molar-refractivity contribution in [3.05, 3.63) is 23.6 Å². The largest absolute Gasteiger partial charge is 0.481 e. The van der Waals surface area contributed by atoms with Crippen molar-refractivity contribution in [3.8, 4) is 5.88 Å². The van der Waals surface area contributed by atoms with E-state index in [1.54, 1.807) is 0 Å². The van der Waals surface area contributed by atoms with Gasteiger partial charge in [-0.1, -0.05) is 0 Å². The Hall–Kier alpha value is -0.940. The van der Waals surface area contributed by atoms with E-state index < -0.39 is 12.0 Å². The van der Waals surface area contributed by atoms with Crippen LogP contribution in [0.3, 0.4) is 0 Å². The molecule has 0 amide bonds. The summed E-state index contributed by atoms with van der Waals surface area (Å²) in [5.41, 5.74) is 0.581. The Morgan fingerprint density at radius 3 is 2.88 bits per heavy atom. The molecule has 1 aromatic rings. The van der Waals surface area contributed by atoms with E-state index in [4.69, 9.17) is 4.74 Å². The molecule has 2 heterocycles. The molecular weight excluding hydrogens is 238 g/mol. The second-order valence-corrected chi connectivity index (χ2v) is 3.55. The Morgan fingerprint density at radius 1 is 1.56 bits per heavy atom. The van der Waals surface area contributed by atoms with Gasteiger partial charge in [0, 0.05) is 18.2 Å². The number of nitrogens with zero attached hydrogens (tertiary/aromatic N) is 1. The van der Waals surface area contributed by atoms with Crippen LogP contribution in [0.25, 0.3) is 0 Å². The molecule has 1 aliphatic rings. The van der Waals surface area contributed by atoms with Crippen LogP contribution >= 0.6 is 12.4 Å². The van der Waals surface area contributed by atoms with E-state index in [2.05, 4.69) is 10.3 Å². The second-order valence-electron chi connectivity index (χ2n) is 3.55. The summed E-state index contributed by atoms with van der Waals surface area (Å²) in [6.45, 7) is 0.296. The molecule has 0 unspecified atom stereocenters. The molecule has 1 aliphatic heterocycles. The topological polar surface area (TPSA) is 34.1 Å². The molecule has 0 aliphatic carbocycles. The van der Waals surface area contributed by atoms with Crippen molar-refractivity contribution in [2.24, 2.45) is 0 Å². The lowest BCUT2D eigenvalue weighted by Gasteiger charge is -2.13. The average molecular weight is 251 g/mol. The zero-order chi connectivity index (χ0) is 10.8. The summed E-state index contributed by atoms with van der Waals surface area (Å²) in [6.07, 6.45) is 0.536. The number of aromatic nitrogens is 1. The lowest BCUT2D eigenvalue weighted by atomic mass is 10.1. The van der Waals surface area contributed by atoms with Crippen molar-refractivity contribution in [3.63, 3.8) is 0 Å². The van der Waals surface area contributed by atoms with E-state index >= 15 is 0 Å². The lowest BCUT2D eigenvalue weighted by Crippen LogP contribution is -2.15. The first-order chi connectivity index (χ1) is 7.20. The highest BCUT2D eigenvalue weighted by Gasteiger charge is 2.27. The fraction of sp³-hybridized carbons (Fsp3) is 0.500. The number of rotatable bonds is 2. The molecule has 1 aromatic heterocycles. The normalized spacial score (nSPS) is 23.9. The summed E-state index contributed by atoms with van der Waals surface area (Å²) in [6, 6.07) is 1.12. The number of halogens is 3. The first-order valence-corrected chi connectivity index (χ1v) is 4.77. The smallest absolute Gasteiger partial charge is 0.218 e. The predicted molar refractivity (Wildman–Crippen MR) is 58.3 cm³/mol. The van der Waals surface area contributed by atoms with Gasteiger partial charge in [0.1, 0.15) is 12.0 Å². The Bertz CT molecular complexity index is 365. The first kappa shape index (κ1) is 13.1. The van der Waals surface area contributed by atoms with E-state index in [-0.39, 0.29) is 18.4 Å². The molecule has 2 rings (SSSR count). The molecule has 0 radical (unpaired) electrons. The summed E-state index contributed by atoms with van der Waals surface area (Å²) in [7, 11) is 1.46. The SMILES string of the molecule is COc1ncc(F)cc1[C@H]1C[C@H](F)CN1.Cl. The van der Waals surface area contributed by atoms with Crippen LogP contribution in [-0.4, -0.2) is 24.8 Å². The van der Waals surface area contributed by atoms with Crippen molar-refractivity contribution in [2.45, 2.75) is 18.6 Å². The highest BCUT2D eigenvalue weighted by Crippen LogP contribution is 2.30. The van der Waals surface area contributed by atoms with Gasteiger partial charge >= 0.3 is 0 Å². The van der Waals surface area contributed by atoms with Crippen LogP contribution in [-0.2, 0) is 0 Å². The van der Waals surface area contributed by atoms with Gasteiger partial charge < -0.3 is 10.1 Å². The molecule has 6 heteroatoms. The summed E-state index contributed by atoms with van der Waals surface area (Å²) >= 11 is 0. The average Bonchev–Trinajstić information content (AvgIpc) is 2.65. The minimum atomic E-state index is -0.886. The van der Waals surface area contributed by atoms with E-state index in [1.165, 1.54) is 13.2 Å². The maximum atomic E-state index is 13.0. The number of nitrogens with one attached hydrogen (secondary N) is 1. The fourth-order valence-corrected chi connectivity index (χ4v) is 1.79. The minimum Gasteiger partial charge on any atom is -0.481 e. The number of alkyl halides is 1. The van der Waals surface area contributed by atoms with Crippen molar-refractivity contribution >= 4 is 12.4 Å². The number of hydrogen-bond acceptors (Lipinski definition) is 3. The van der Waals surface area contributed by atoms with Crippen LogP contribution < -0.4 is 10.1 Å². The Labute approximate surface area is 98.6 Å². The fourth-order valence-electron chi connectivity index (χ4n) is 1.79. The van der Waals surface area contributed by atoms with Gasteiger partial charge in [-0.15, -0.1) is 12.4 Å². The molecule has 90 valence electrons. The van der Waals surface area contributed by atoms with Gasteiger partial charge in [-0.3, -0.25) is 0 Å². The van der Waals surface area contributed by atoms with Gasteiger partial charge in [0.15, 0.2) is 0 Å². The number of hydrogen-bond donors (Lipinski definition) is 1. The molecule has 1 saturated heterocycles. The third-order valence-corrected chi connectivity index (χ3v) is 2.49. The zero-order valence-electron chi connectivity index (χ0n) is 8.74. The Kier molecular flexibility index (Phi) is 4.44. The van der Waals surface area contributed by atoms with E-state index in [1.807, 2.05) is 0 Å². The van der Waals surface area contributed by atoms with Crippen LogP contribution in [0.4, 0.5) is 8.78 Å². The standard InChI is InChI=1S/C10H12F2N2O.ClH/c1-15-10-8(2-6(11)5-14-10)9-3-7(12)4-13-9;/h2,5,7,9,13H,3-4H2,1H3;1H/t7-,9+;/m0./s1. The summed E-state index contributed by atoms with van der Waals surface area (Å²) < 4.78 is 31.0. The van der Waals surface area contributed by atoms with Crippen molar-refractivity contribution < 1.29 is 13.5 Å². The number of ether oxygens (including phenoxy) is 1. The molecule has 0 bridgehead atoms. The van der Waals surface area contributed by atoms with Crippen molar-refractivity contribution in [2.75, 3.05) is 13.7 Å². The first-order valence-electron chi connectivity index (χ1n) is 4.77. The van der Waals surface area contributed by atoms with E-state index in [0.717, 1.165) is 6.20 Å². The summed E-state index contributed by atoms with van der Waals surface area (Å²) in [4.78, 5) is 3.81. The maximum absolute atomic E-state index is 13.0. The van der Waals surface area contributed by atoms with Gasteiger partial charge in [-0.05, 0) is 12.5 Å². The van der Waals surface area contributed by atoms with Gasteiger partial charge in [0.2, 0.25) is 5.88 Å². The van der Waals surface area contributed by atoms with Crippen molar-refractivity contribution in [1.82, 2.24) is 10.3 Å². The van der Waals surface area contributed by atoms with Gasteiger partial charge in [-0.2, -0.15) is 0 Å². The van der Waals surface area contributed by atoms with Crippen LogP contribution in [0, 0.1) is 5.82 Å². The third-order valence-electron chi connectivity index (χ3n) is 2.49. The van der Waals surface area contributed by atoms with E-state index in [9.17, 15) is 8.78 Å². The van der Waals surface area contributed by atoms with Crippen molar-refractivity contribution in [1.29, 1.82) is 0 Å². The molecule has 3 nitrogen and oxygen atoms in total. The number of pyridine rings is 1. The van der Waals surface area contributed by atoms with Crippen LogP contribution in [0.5, 0.6) is 5.88 Å². The predicted octanol–water partition coefficient (Wildman–Crippen LogP) is 2.02. The number of methoxy groups -OCH3 is 1. The minimum absolute atomic E-state index is 0. The Morgan fingerprint density at radius 2 is 2.31 bits per heavy atom. The molecule has 1 fully saturated rings. The second kappa shape index (κ2) is 5.41. The molecule has 0 spiro atoms. The third kappa shape index (κ3) is 2.59. The molecule has 16 heavy (non-hydrogen) atoms.